The van der Waals surface area contributed by atoms with Gasteiger partial charge in [0.2, 0.25) is 15.9 Å². The molecule has 8 heteroatoms. The summed E-state index contributed by atoms with van der Waals surface area (Å²) in [6.45, 7) is 2.71. The molecule has 0 unspecified atom stereocenters. The molecule has 1 amide bonds. The van der Waals surface area contributed by atoms with E-state index < -0.39 is 10.0 Å². The number of hydrogen-bond acceptors (Lipinski definition) is 5. The topological polar surface area (TPSA) is 84.9 Å². The van der Waals surface area contributed by atoms with Crippen molar-refractivity contribution in [1.82, 2.24) is 9.62 Å². The average Bonchev–Trinajstić information content (AvgIpc) is 2.72. The van der Waals surface area contributed by atoms with Gasteiger partial charge in [0.15, 0.2) is 0 Å². The molecule has 0 aromatic heterocycles. The summed E-state index contributed by atoms with van der Waals surface area (Å²) in [4.78, 5) is 14.3. The van der Waals surface area contributed by atoms with Crippen LogP contribution in [0.5, 0.6) is 5.75 Å². The SMILES string of the molecule is COc1ccc(S(=O)(=O)NCC(=O)N2CCO[C@H](c3ccccc3)C2)cc1C. The highest BCUT2D eigenvalue weighted by Gasteiger charge is 2.26. The van der Waals surface area contributed by atoms with Crippen LogP contribution in [0, 0.1) is 6.92 Å². The van der Waals surface area contributed by atoms with Crippen molar-refractivity contribution in [3.63, 3.8) is 0 Å². The van der Waals surface area contributed by atoms with Gasteiger partial charge >= 0.3 is 0 Å². The van der Waals surface area contributed by atoms with Gasteiger partial charge in [0.05, 0.1) is 31.7 Å². The Bertz CT molecular complexity index is 931. The van der Waals surface area contributed by atoms with Crippen LogP contribution in [0.1, 0.15) is 17.2 Å². The molecule has 2 aromatic carbocycles. The molecule has 28 heavy (non-hydrogen) atoms. The van der Waals surface area contributed by atoms with E-state index in [9.17, 15) is 13.2 Å². The molecule has 1 fully saturated rings. The lowest BCUT2D eigenvalue weighted by Gasteiger charge is -2.33. The number of ether oxygens (including phenoxy) is 2. The zero-order chi connectivity index (χ0) is 20.1. The third-order valence-electron chi connectivity index (χ3n) is 4.68. The fraction of sp³-hybridized carbons (Fsp3) is 0.350. The molecule has 0 saturated carbocycles. The molecule has 0 aliphatic carbocycles. The Morgan fingerprint density at radius 3 is 2.68 bits per heavy atom. The summed E-state index contributed by atoms with van der Waals surface area (Å²) in [6.07, 6.45) is -0.209. The largest absolute Gasteiger partial charge is 0.496 e. The van der Waals surface area contributed by atoms with E-state index in [2.05, 4.69) is 4.72 Å². The molecule has 1 heterocycles. The van der Waals surface area contributed by atoms with Gasteiger partial charge in [-0.2, -0.15) is 0 Å². The van der Waals surface area contributed by atoms with Crippen molar-refractivity contribution in [2.45, 2.75) is 17.9 Å². The fourth-order valence-electron chi connectivity index (χ4n) is 3.12. The second-order valence-corrected chi connectivity index (χ2v) is 8.33. The molecule has 2 aromatic rings. The number of nitrogens with zero attached hydrogens (tertiary/aromatic N) is 1. The number of morpholine rings is 1. The van der Waals surface area contributed by atoms with Crippen LogP contribution in [0.2, 0.25) is 0 Å². The number of nitrogens with one attached hydrogen (secondary N) is 1. The molecule has 0 radical (unpaired) electrons. The minimum atomic E-state index is -3.79. The Hall–Kier alpha value is -2.42. The minimum Gasteiger partial charge on any atom is -0.496 e. The van der Waals surface area contributed by atoms with E-state index in [4.69, 9.17) is 9.47 Å². The van der Waals surface area contributed by atoms with Crippen molar-refractivity contribution in [3.05, 3.63) is 59.7 Å². The van der Waals surface area contributed by atoms with Crippen molar-refractivity contribution < 1.29 is 22.7 Å². The summed E-state index contributed by atoms with van der Waals surface area (Å²) in [6, 6.07) is 14.2. The van der Waals surface area contributed by atoms with Gasteiger partial charge in [-0.3, -0.25) is 4.79 Å². The molecule has 1 aliphatic heterocycles. The number of sulfonamides is 1. The Balaban J connectivity index is 1.62. The van der Waals surface area contributed by atoms with Crippen LogP contribution in [0.15, 0.2) is 53.4 Å². The monoisotopic (exact) mass is 404 g/mol. The average molecular weight is 404 g/mol. The Morgan fingerprint density at radius 2 is 2.00 bits per heavy atom. The van der Waals surface area contributed by atoms with E-state index in [1.807, 2.05) is 30.3 Å². The van der Waals surface area contributed by atoms with E-state index in [0.717, 1.165) is 5.56 Å². The van der Waals surface area contributed by atoms with E-state index in [1.165, 1.54) is 19.2 Å². The van der Waals surface area contributed by atoms with E-state index in [1.54, 1.807) is 17.9 Å². The lowest BCUT2D eigenvalue weighted by atomic mass is 10.1. The third-order valence-corrected chi connectivity index (χ3v) is 6.08. The van der Waals surface area contributed by atoms with Gasteiger partial charge in [-0.05, 0) is 36.2 Å². The summed E-state index contributed by atoms with van der Waals surface area (Å²) in [5.41, 5.74) is 1.70. The van der Waals surface area contributed by atoms with Crippen molar-refractivity contribution in [1.29, 1.82) is 0 Å². The highest BCUT2D eigenvalue weighted by Crippen LogP contribution is 2.23. The summed E-state index contributed by atoms with van der Waals surface area (Å²) in [5, 5.41) is 0. The highest BCUT2D eigenvalue weighted by molar-refractivity contribution is 7.89. The van der Waals surface area contributed by atoms with Crippen LogP contribution < -0.4 is 9.46 Å². The molecule has 1 aliphatic rings. The van der Waals surface area contributed by atoms with Crippen LogP contribution >= 0.6 is 0 Å². The molecule has 1 saturated heterocycles. The normalized spacial score (nSPS) is 17.4. The number of rotatable bonds is 6. The van der Waals surface area contributed by atoms with Crippen LogP contribution in [-0.4, -0.2) is 52.6 Å². The summed E-state index contributed by atoms with van der Waals surface area (Å²) in [5.74, 6) is 0.327. The van der Waals surface area contributed by atoms with E-state index >= 15 is 0 Å². The lowest BCUT2D eigenvalue weighted by molar-refractivity contribution is -0.137. The summed E-state index contributed by atoms with van der Waals surface area (Å²) >= 11 is 0. The van der Waals surface area contributed by atoms with E-state index in [-0.39, 0.29) is 23.5 Å². The number of amides is 1. The van der Waals surface area contributed by atoms with Crippen molar-refractivity contribution in [2.75, 3.05) is 33.4 Å². The van der Waals surface area contributed by atoms with Gasteiger partial charge in [0.1, 0.15) is 11.9 Å². The first-order chi connectivity index (χ1) is 13.4. The molecule has 3 rings (SSSR count). The summed E-state index contributed by atoms with van der Waals surface area (Å²) < 4.78 is 38.3. The molecular weight excluding hydrogens is 380 g/mol. The second kappa shape index (κ2) is 8.72. The number of aryl methyl sites for hydroxylation is 1. The summed E-state index contributed by atoms with van der Waals surface area (Å²) in [7, 11) is -2.27. The van der Waals surface area contributed by atoms with Crippen LogP contribution in [0.3, 0.4) is 0 Å². The first kappa shape index (κ1) is 20.3. The number of carbonyl (C=O) groups is 1. The van der Waals surface area contributed by atoms with Crippen LogP contribution in [0.25, 0.3) is 0 Å². The quantitative estimate of drug-likeness (QED) is 0.795. The maximum atomic E-state index is 12.5. The first-order valence-electron chi connectivity index (χ1n) is 8.99. The molecule has 1 atom stereocenters. The molecule has 150 valence electrons. The molecule has 0 spiro atoms. The highest BCUT2D eigenvalue weighted by atomic mass is 32.2. The number of carbonyl (C=O) groups excluding carboxylic acids is 1. The zero-order valence-corrected chi connectivity index (χ0v) is 16.7. The zero-order valence-electron chi connectivity index (χ0n) is 15.9. The Kier molecular flexibility index (Phi) is 6.33. The Morgan fingerprint density at radius 1 is 1.25 bits per heavy atom. The second-order valence-electron chi connectivity index (χ2n) is 6.57. The lowest BCUT2D eigenvalue weighted by Crippen LogP contribution is -2.46. The minimum absolute atomic E-state index is 0.0998. The van der Waals surface area contributed by atoms with Gasteiger partial charge in [0, 0.05) is 6.54 Å². The molecular formula is C20H24N2O5S. The fourth-order valence-corrected chi connectivity index (χ4v) is 4.17. The maximum absolute atomic E-state index is 12.5. The third kappa shape index (κ3) is 4.70. The van der Waals surface area contributed by atoms with Crippen molar-refractivity contribution in [3.8, 4) is 5.75 Å². The van der Waals surface area contributed by atoms with Gasteiger partial charge < -0.3 is 14.4 Å². The molecule has 1 N–H and O–H groups in total. The van der Waals surface area contributed by atoms with Gasteiger partial charge in [-0.15, -0.1) is 0 Å². The number of methoxy groups -OCH3 is 1. The predicted molar refractivity (Wildman–Crippen MR) is 105 cm³/mol. The van der Waals surface area contributed by atoms with Crippen LogP contribution in [-0.2, 0) is 19.6 Å². The Labute approximate surface area is 165 Å². The standard InChI is InChI=1S/C20H24N2O5S/c1-15-12-17(8-9-18(15)26-2)28(24,25)21-13-20(23)22-10-11-27-19(14-22)16-6-4-3-5-7-16/h3-9,12,19,21H,10-11,13-14H2,1-2H3/t19-/m0/s1. The van der Waals surface area contributed by atoms with E-state index in [0.29, 0.717) is 31.0 Å². The van der Waals surface area contributed by atoms with Crippen LogP contribution in [0.4, 0.5) is 0 Å². The molecule has 7 nitrogen and oxygen atoms in total. The molecule has 0 bridgehead atoms. The van der Waals surface area contributed by atoms with Crippen molar-refractivity contribution in [2.24, 2.45) is 0 Å². The smallest absolute Gasteiger partial charge is 0.241 e. The predicted octanol–water partition coefficient (Wildman–Crippen LogP) is 1.88. The van der Waals surface area contributed by atoms with Gasteiger partial charge in [-0.25, -0.2) is 13.1 Å². The maximum Gasteiger partial charge on any atom is 0.241 e. The number of benzene rings is 2. The first-order valence-corrected chi connectivity index (χ1v) is 10.5. The van der Waals surface area contributed by atoms with Gasteiger partial charge in [-0.1, -0.05) is 30.3 Å². The number of hydrogen-bond donors (Lipinski definition) is 1. The van der Waals surface area contributed by atoms with Crippen molar-refractivity contribution >= 4 is 15.9 Å². The van der Waals surface area contributed by atoms with Gasteiger partial charge in [0.25, 0.3) is 0 Å².